The van der Waals surface area contributed by atoms with Crippen LogP contribution in [-0.2, 0) is 11.9 Å². The van der Waals surface area contributed by atoms with Gasteiger partial charge in [0, 0.05) is 10.6 Å². The van der Waals surface area contributed by atoms with Gasteiger partial charge in [0.2, 0.25) is 0 Å². The van der Waals surface area contributed by atoms with Gasteiger partial charge in [-0.15, -0.1) is 5.10 Å². The Morgan fingerprint density at radius 1 is 1.42 bits per heavy atom. The molecular weight excluding hydrogens is 456 g/mol. The van der Waals surface area contributed by atoms with E-state index >= 15 is 0 Å². The molecule has 2 heterocycles. The highest BCUT2D eigenvalue weighted by Gasteiger charge is 2.23. The van der Waals surface area contributed by atoms with Crippen LogP contribution in [0.3, 0.4) is 0 Å². The first-order valence-corrected chi connectivity index (χ1v) is 8.66. The number of carbonyl (C=O) groups excluding carboxylic acids is 1. The van der Waals surface area contributed by atoms with E-state index in [1.165, 1.54) is 12.3 Å². The van der Waals surface area contributed by atoms with Gasteiger partial charge in [0.15, 0.2) is 0 Å². The molecule has 1 aromatic carbocycles. The lowest BCUT2D eigenvalue weighted by Gasteiger charge is -2.11. The van der Waals surface area contributed by atoms with E-state index in [4.69, 9.17) is 9.94 Å². The summed E-state index contributed by atoms with van der Waals surface area (Å²) in [5.74, 6) is -1.02. The molecule has 10 heteroatoms. The maximum Gasteiger partial charge on any atom is 0.293 e. The molecule has 0 saturated heterocycles. The average Bonchev–Trinajstić information content (AvgIpc) is 2.90. The number of fused-ring (bicyclic) bond motifs is 1. The number of hydrogen-bond donors (Lipinski definition) is 3. The van der Waals surface area contributed by atoms with Gasteiger partial charge < -0.3 is 15.0 Å². The van der Waals surface area contributed by atoms with Crippen molar-refractivity contribution in [3.05, 3.63) is 45.5 Å². The fourth-order valence-corrected chi connectivity index (χ4v) is 2.95. The summed E-state index contributed by atoms with van der Waals surface area (Å²) in [5, 5.41) is 19.6. The van der Waals surface area contributed by atoms with Crippen molar-refractivity contribution in [2.75, 3.05) is 18.5 Å². The summed E-state index contributed by atoms with van der Waals surface area (Å²) in [7, 11) is 1.68. The van der Waals surface area contributed by atoms with Crippen LogP contribution in [0.15, 0.2) is 30.5 Å². The highest BCUT2D eigenvalue weighted by Crippen LogP contribution is 2.32. The Morgan fingerprint density at radius 3 is 2.96 bits per heavy atom. The zero-order valence-corrected chi connectivity index (χ0v) is 15.8. The molecule has 26 heavy (non-hydrogen) atoms. The molecule has 0 aliphatic heterocycles. The largest absolute Gasteiger partial charge is 0.394 e. The average molecular weight is 471 g/mol. The molecule has 0 fully saturated rings. The Balaban J connectivity index is 2.07. The van der Waals surface area contributed by atoms with Crippen molar-refractivity contribution in [2.24, 2.45) is 7.05 Å². The SMILES string of the molecule is Cn1c(C(=O)NOCCO)c(Nc2ccc(I)cc2F)c2nnccc21. The summed E-state index contributed by atoms with van der Waals surface area (Å²) in [4.78, 5) is 17.4. The predicted molar refractivity (Wildman–Crippen MR) is 101 cm³/mol. The minimum Gasteiger partial charge on any atom is -0.394 e. The van der Waals surface area contributed by atoms with Crippen LogP contribution in [0.25, 0.3) is 11.0 Å². The summed E-state index contributed by atoms with van der Waals surface area (Å²) in [6.45, 7) is -0.288. The summed E-state index contributed by atoms with van der Waals surface area (Å²) in [5.41, 5.74) is 4.01. The molecule has 1 amide bonds. The van der Waals surface area contributed by atoms with E-state index in [0.29, 0.717) is 16.7 Å². The number of aliphatic hydroxyl groups is 1. The Morgan fingerprint density at radius 2 is 2.23 bits per heavy atom. The lowest BCUT2D eigenvalue weighted by molar-refractivity contribution is 0.0163. The number of halogens is 2. The molecule has 3 aromatic rings. The number of hydrogen-bond acceptors (Lipinski definition) is 6. The lowest BCUT2D eigenvalue weighted by atomic mass is 10.2. The summed E-state index contributed by atoms with van der Waals surface area (Å²) < 4.78 is 16.6. The first-order chi connectivity index (χ1) is 12.5. The molecule has 0 unspecified atom stereocenters. The van der Waals surface area contributed by atoms with Crippen molar-refractivity contribution < 1.29 is 19.1 Å². The minimum atomic E-state index is -0.563. The molecule has 0 saturated carbocycles. The van der Waals surface area contributed by atoms with E-state index in [9.17, 15) is 9.18 Å². The number of rotatable bonds is 6. The molecule has 0 radical (unpaired) electrons. The van der Waals surface area contributed by atoms with Gasteiger partial charge in [-0.2, -0.15) is 5.10 Å². The van der Waals surface area contributed by atoms with E-state index < -0.39 is 11.7 Å². The number of aliphatic hydroxyl groups excluding tert-OH is 1. The van der Waals surface area contributed by atoms with Crippen LogP contribution in [0, 0.1) is 9.39 Å². The van der Waals surface area contributed by atoms with Gasteiger partial charge in [-0.05, 0) is 46.9 Å². The number of nitrogens with zero attached hydrogens (tertiary/aromatic N) is 3. The van der Waals surface area contributed by atoms with Gasteiger partial charge in [-0.3, -0.25) is 9.63 Å². The summed E-state index contributed by atoms with van der Waals surface area (Å²) >= 11 is 2.01. The second-order valence-electron chi connectivity index (χ2n) is 5.30. The third-order valence-electron chi connectivity index (χ3n) is 3.63. The van der Waals surface area contributed by atoms with Crippen LogP contribution in [0.2, 0.25) is 0 Å². The number of amides is 1. The predicted octanol–water partition coefficient (Wildman–Crippen LogP) is 2.11. The Hall–Kier alpha value is -2.31. The van der Waals surface area contributed by atoms with Crippen LogP contribution in [0.1, 0.15) is 10.5 Å². The van der Waals surface area contributed by atoms with E-state index in [1.54, 1.807) is 29.8 Å². The Bertz CT molecular complexity index is 962. The molecule has 2 aromatic heterocycles. The first kappa shape index (κ1) is 18.5. The molecule has 136 valence electrons. The van der Waals surface area contributed by atoms with Gasteiger partial charge in [-0.1, -0.05) is 0 Å². The number of nitrogens with one attached hydrogen (secondary N) is 2. The number of benzene rings is 1. The standard InChI is InChI=1S/C16H15FIN5O3/c1-23-12-4-5-19-21-13(12)14(15(23)16(25)22-26-7-6-24)20-11-3-2-9(18)8-10(11)17/h2-5,8,20,24H,6-7H2,1H3,(H,22,25). The molecule has 0 aliphatic rings. The fourth-order valence-electron chi connectivity index (χ4n) is 2.49. The zero-order chi connectivity index (χ0) is 18.7. The topological polar surface area (TPSA) is 101 Å². The smallest absolute Gasteiger partial charge is 0.293 e. The van der Waals surface area contributed by atoms with Gasteiger partial charge >= 0.3 is 0 Å². The second-order valence-corrected chi connectivity index (χ2v) is 6.55. The van der Waals surface area contributed by atoms with Gasteiger partial charge in [0.25, 0.3) is 5.91 Å². The normalized spacial score (nSPS) is 10.9. The van der Waals surface area contributed by atoms with Crippen molar-refractivity contribution in [1.82, 2.24) is 20.2 Å². The van der Waals surface area contributed by atoms with Gasteiger partial charge in [0.1, 0.15) is 17.0 Å². The lowest BCUT2D eigenvalue weighted by Crippen LogP contribution is -2.27. The Kier molecular flexibility index (Phi) is 5.64. The molecule has 3 rings (SSSR count). The molecule has 8 nitrogen and oxygen atoms in total. The number of aromatic nitrogens is 3. The number of aryl methyl sites for hydroxylation is 1. The highest BCUT2D eigenvalue weighted by molar-refractivity contribution is 14.1. The maximum absolute atomic E-state index is 14.3. The quantitative estimate of drug-likeness (QED) is 0.289. The first-order valence-electron chi connectivity index (χ1n) is 7.58. The molecule has 0 atom stereocenters. The molecule has 0 aliphatic carbocycles. The molecule has 0 bridgehead atoms. The van der Waals surface area contributed by atoms with E-state index in [-0.39, 0.29) is 24.6 Å². The van der Waals surface area contributed by atoms with Crippen LogP contribution < -0.4 is 10.8 Å². The van der Waals surface area contributed by atoms with E-state index in [2.05, 4.69) is 21.0 Å². The highest BCUT2D eigenvalue weighted by atomic mass is 127. The third kappa shape index (κ3) is 3.61. The minimum absolute atomic E-state index is 0.0516. The monoisotopic (exact) mass is 471 g/mol. The molecule has 0 spiro atoms. The van der Waals surface area contributed by atoms with Crippen molar-refractivity contribution in [3.8, 4) is 0 Å². The van der Waals surface area contributed by atoms with Crippen LogP contribution in [0.4, 0.5) is 15.8 Å². The van der Waals surface area contributed by atoms with Gasteiger partial charge in [-0.25, -0.2) is 9.87 Å². The summed E-state index contributed by atoms with van der Waals surface area (Å²) in [6, 6.07) is 6.40. The fraction of sp³-hybridized carbons (Fsp3) is 0.188. The second kappa shape index (κ2) is 7.93. The zero-order valence-electron chi connectivity index (χ0n) is 13.7. The number of hydroxylamine groups is 1. The van der Waals surface area contributed by atoms with Crippen LogP contribution in [0.5, 0.6) is 0 Å². The van der Waals surface area contributed by atoms with Crippen molar-refractivity contribution in [1.29, 1.82) is 0 Å². The molecule has 3 N–H and O–H groups in total. The van der Waals surface area contributed by atoms with Crippen LogP contribution in [-0.4, -0.2) is 39.0 Å². The van der Waals surface area contributed by atoms with Gasteiger partial charge in [0.05, 0.1) is 36.3 Å². The Labute approximate surface area is 161 Å². The van der Waals surface area contributed by atoms with E-state index in [0.717, 1.165) is 3.57 Å². The molecular formula is C16H15FIN5O3. The third-order valence-corrected chi connectivity index (χ3v) is 4.30. The number of anilines is 2. The maximum atomic E-state index is 14.3. The van der Waals surface area contributed by atoms with Crippen molar-refractivity contribution in [2.45, 2.75) is 0 Å². The summed E-state index contributed by atoms with van der Waals surface area (Å²) in [6.07, 6.45) is 1.50. The van der Waals surface area contributed by atoms with E-state index in [1.807, 2.05) is 22.6 Å². The van der Waals surface area contributed by atoms with Crippen LogP contribution >= 0.6 is 22.6 Å². The van der Waals surface area contributed by atoms with Crippen molar-refractivity contribution in [3.63, 3.8) is 0 Å². The van der Waals surface area contributed by atoms with Crippen molar-refractivity contribution >= 4 is 50.9 Å². The number of carbonyl (C=O) groups is 1.